The van der Waals surface area contributed by atoms with Gasteiger partial charge in [0.15, 0.2) is 0 Å². The second-order valence-electron chi connectivity index (χ2n) is 5.41. The Morgan fingerprint density at radius 3 is 2.50 bits per heavy atom. The molecule has 0 atom stereocenters. The van der Waals surface area contributed by atoms with Crippen molar-refractivity contribution in [3.8, 4) is 0 Å². The first-order valence-electron chi connectivity index (χ1n) is 6.30. The zero-order valence-electron chi connectivity index (χ0n) is 10.9. The molecule has 1 heterocycles. The molecule has 0 aliphatic heterocycles. The fourth-order valence-electron chi connectivity index (χ4n) is 2.73. The normalized spacial score (nSPS) is 18.8. The van der Waals surface area contributed by atoms with Crippen LogP contribution in [0.15, 0.2) is 0 Å². The van der Waals surface area contributed by atoms with E-state index in [1.807, 2.05) is 7.05 Å². The van der Waals surface area contributed by atoms with Gasteiger partial charge in [-0.15, -0.1) is 0 Å². The number of rotatable bonds is 4. The maximum Gasteiger partial charge on any atom is 0.114 e. The molecule has 0 radical (unpaired) electrons. The molecule has 1 aliphatic carbocycles. The van der Waals surface area contributed by atoms with Crippen molar-refractivity contribution in [2.75, 3.05) is 13.6 Å². The van der Waals surface area contributed by atoms with Crippen LogP contribution in [-0.4, -0.2) is 23.6 Å². The predicted octanol–water partition coefficient (Wildman–Crippen LogP) is 2.48. The van der Waals surface area contributed by atoms with E-state index < -0.39 is 0 Å². The molecule has 0 bridgehead atoms. The summed E-state index contributed by atoms with van der Waals surface area (Å²) in [7, 11) is 2.03. The second kappa shape index (κ2) is 4.21. The van der Waals surface area contributed by atoms with Crippen molar-refractivity contribution in [3.63, 3.8) is 0 Å². The molecule has 1 aromatic rings. The van der Waals surface area contributed by atoms with E-state index >= 15 is 0 Å². The molecular weight excluding hydrogens is 198 g/mol. The van der Waals surface area contributed by atoms with Gasteiger partial charge in [0.05, 0.1) is 5.69 Å². The quantitative estimate of drug-likeness (QED) is 0.820. The van der Waals surface area contributed by atoms with Crippen LogP contribution < -0.4 is 5.32 Å². The number of aromatic amines is 1. The van der Waals surface area contributed by atoms with Crippen molar-refractivity contribution >= 4 is 0 Å². The SMILES string of the molecule is CNCC1(c2nc(C(C)C)c(C)[nH]2)CCC1. The van der Waals surface area contributed by atoms with Crippen LogP contribution in [0.5, 0.6) is 0 Å². The Morgan fingerprint density at radius 1 is 1.44 bits per heavy atom. The molecule has 0 saturated heterocycles. The minimum Gasteiger partial charge on any atom is -0.345 e. The van der Waals surface area contributed by atoms with E-state index in [1.54, 1.807) is 0 Å². The summed E-state index contributed by atoms with van der Waals surface area (Å²) in [5, 5.41) is 3.31. The van der Waals surface area contributed by atoms with Crippen molar-refractivity contribution in [2.24, 2.45) is 0 Å². The van der Waals surface area contributed by atoms with Crippen molar-refractivity contribution in [2.45, 2.75) is 51.4 Å². The summed E-state index contributed by atoms with van der Waals surface area (Å²) < 4.78 is 0. The number of aromatic nitrogens is 2. The predicted molar refractivity (Wildman–Crippen MR) is 66.9 cm³/mol. The minimum absolute atomic E-state index is 0.284. The monoisotopic (exact) mass is 221 g/mol. The molecule has 1 saturated carbocycles. The van der Waals surface area contributed by atoms with Crippen molar-refractivity contribution in [1.29, 1.82) is 0 Å². The highest BCUT2D eigenvalue weighted by atomic mass is 15.0. The Morgan fingerprint density at radius 2 is 2.12 bits per heavy atom. The third kappa shape index (κ3) is 1.77. The lowest BCUT2D eigenvalue weighted by Crippen LogP contribution is -2.43. The zero-order chi connectivity index (χ0) is 11.8. The fraction of sp³-hybridized carbons (Fsp3) is 0.769. The number of likely N-dealkylation sites (N-methyl/N-ethyl adjacent to an activating group) is 1. The van der Waals surface area contributed by atoms with Crippen LogP contribution in [0.3, 0.4) is 0 Å². The van der Waals surface area contributed by atoms with E-state index in [0.717, 1.165) is 6.54 Å². The lowest BCUT2D eigenvalue weighted by Gasteiger charge is -2.40. The van der Waals surface area contributed by atoms with E-state index in [1.165, 1.54) is 36.5 Å². The molecule has 0 unspecified atom stereocenters. The van der Waals surface area contributed by atoms with Gasteiger partial charge in [0.2, 0.25) is 0 Å². The molecular formula is C13H23N3. The van der Waals surface area contributed by atoms with Crippen LogP contribution in [0.4, 0.5) is 0 Å². The van der Waals surface area contributed by atoms with E-state index in [9.17, 15) is 0 Å². The van der Waals surface area contributed by atoms with Crippen molar-refractivity contribution < 1.29 is 0 Å². The molecule has 1 aliphatic rings. The minimum atomic E-state index is 0.284. The zero-order valence-corrected chi connectivity index (χ0v) is 10.9. The number of nitrogens with zero attached hydrogens (tertiary/aromatic N) is 1. The van der Waals surface area contributed by atoms with Crippen LogP contribution in [-0.2, 0) is 5.41 Å². The van der Waals surface area contributed by atoms with Gasteiger partial charge < -0.3 is 10.3 Å². The molecule has 2 N–H and O–H groups in total. The number of hydrogen-bond donors (Lipinski definition) is 2. The molecule has 90 valence electrons. The lowest BCUT2D eigenvalue weighted by molar-refractivity contribution is 0.226. The number of nitrogens with one attached hydrogen (secondary N) is 2. The summed E-state index contributed by atoms with van der Waals surface area (Å²) in [5.41, 5.74) is 2.76. The van der Waals surface area contributed by atoms with Gasteiger partial charge in [-0.05, 0) is 32.7 Å². The van der Waals surface area contributed by atoms with E-state index in [-0.39, 0.29) is 5.41 Å². The highest BCUT2D eigenvalue weighted by Crippen LogP contribution is 2.42. The largest absolute Gasteiger partial charge is 0.345 e. The molecule has 2 rings (SSSR count). The van der Waals surface area contributed by atoms with Crippen LogP contribution in [0.1, 0.15) is 56.2 Å². The summed E-state index contributed by atoms with van der Waals surface area (Å²) in [5.74, 6) is 1.71. The topological polar surface area (TPSA) is 40.7 Å². The maximum atomic E-state index is 4.83. The highest BCUT2D eigenvalue weighted by Gasteiger charge is 2.41. The Kier molecular flexibility index (Phi) is 3.06. The Balaban J connectivity index is 2.29. The molecule has 16 heavy (non-hydrogen) atoms. The van der Waals surface area contributed by atoms with Gasteiger partial charge in [-0.2, -0.15) is 0 Å². The van der Waals surface area contributed by atoms with Crippen molar-refractivity contribution in [1.82, 2.24) is 15.3 Å². The van der Waals surface area contributed by atoms with Gasteiger partial charge in [-0.3, -0.25) is 0 Å². The van der Waals surface area contributed by atoms with Crippen LogP contribution >= 0.6 is 0 Å². The third-order valence-corrected chi connectivity index (χ3v) is 3.80. The first-order chi connectivity index (χ1) is 7.59. The van der Waals surface area contributed by atoms with Crippen LogP contribution in [0.2, 0.25) is 0 Å². The Bertz CT molecular complexity index is 361. The standard InChI is InChI=1S/C13H23N3/c1-9(2)11-10(3)15-12(16-11)13(8-14-4)6-5-7-13/h9,14H,5-8H2,1-4H3,(H,15,16). The Labute approximate surface area is 98.1 Å². The molecule has 0 aromatic carbocycles. The summed E-state index contributed by atoms with van der Waals surface area (Å²) in [4.78, 5) is 8.33. The molecule has 3 heteroatoms. The summed E-state index contributed by atoms with van der Waals surface area (Å²) in [6, 6.07) is 0. The van der Waals surface area contributed by atoms with Gasteiger partial charge in [-0.25, -0.2) is 4.98 Å². The molecule has 3 nitrogen and oxygen atoms in total. The van der Waals surface area contributed by atoms with Gasteiger partial charge in [0, 0.05) is 17.7 Å². The number of H-pyrrole nitrogens is 1. The molecule has 0 spiro atoms. The average Bonchev–Trinajstić information content (AvgIpc) is 2.54. The van der Waals surface area contributed by atoms with Gasteiger partial charge in [-0.1, -0.05) is 20.3 Å². The van der Waals surface area contributed by atoms with Crippen LogP contribution in [0, 0.1) is 6.92 Å². The first kappa shape index (κ1) is 11.6. The first-order valence-corrected chi connectivity index (χ1v) is 6.30. The summed E-state index contributed by atoms with van der Waals surface area (Å²) in [6.45, 7) is 7.59. The second-order valence-corrected chi connectivity index (χ2v) is 5.41. The lowest BCUT2D eigenvalue weighted by atomic mass is 9.68. The van der Waals surface area contributed by atoms with E-state index in [4.69, 9.17) is 4.98 Å². The average molecular weight is 221 g/mol. The Hall–Kier alpha value is -0.830. The summed E-state index contributed by atoms with van der Waals surface area (Å²) in [6.07, 6.45) is 3.86. The number of hydrogen-bond acceptors (Lipinski definition) is 2. The third-order valence-electron chi connectivity index (χ3n) is 3.80. The molecule has 0 amide bonds. The summed E-state index contributed by atoms with van der Waals surface area (Å²) >= 11 is 0. The van der Waals surface area contributed by atoms with E-state index in [0.29, 0.717) is 5.92 Å². The highest BCUT2D eigenvalue weighted by molar-refractivity contribution is 5.23. The number of imidazole rings is 1. The van der Waals surface area contributed by atoms with Gasteiger partial charge in [0.1, 0.15) is 5.82 Å². The molecule has 1 aromatic heterocycles. The van der Waals surface area contributed by atoms with Gasteiger partial charge >= 0.3 is 0 Å². The maximum absolute atomic E-state index is 4.83. The van der Waals surface area contributed by atoms with E-state index in [2.05, 4.69) is 31.1 Å². The van der Waals surface area contributed by atoms with Gasteiger partial charge in [0.25, 0.3) is 0 Å². The van der Waals surface area contributed by atoms with Crippen molar-refractivity contribution in [3.05, 3.63) is 17.2 Å². The molecule has 1 fully saturated rings. The fourth-order valence-corrected chi connectivity index (χ4v) is 2.73. The smallest absolute Gasteiger partial charge is 0.114 e. The number of aryl methyl sites for hydroxylation is 1. The van der Waals surface area contributed by atoms with Crippen LogP contribution in [0.25, 0.3) is 0 Å².